The second kappa shape index (κ2) is 9.47. The third-order valence-corrected chi connectivity index (χ3v) is 7.84. The van der Waals surface area contributed by atoms with Crippen LogP contribution in [0, 0.1) is 18.7 Å². The van der Waals surface area contributed by atoms with Crippen LogP contribution in [0.5, 0.6) is 5.75 Å². The van der Waals surface area contributed by atoms with Gasteiger partial charge in [-0.25, -0.2) is 17.5 Å². The maximum absolute atomic E-state index is 14.1. The largest absolute Gasteiger partial charge is 0.489 e. The zero-order chi connectivity index (χ0) is 24.6. The van der Waals surface area contributed by atoms with Gasteiger partial charge in [0, 0.05) is 30.7 Å². The smallest absolute Gasteiger partial charge is 0.333 e. The highest BCUT2D eigenvalue weighted by Crippen LogP contribution is 2.37. The predicted molar refractivity (Wildman–Crippen MR) is 119 cm³/mol. The van der Waals surface area contributed by atoms with Gasteiger partial charge in [0.25, 0.3) is 10.0 Å². The van der Waals surface area contributed by atoms with E-state index in [2.05, 4.69) is 5.10 Å². The lowest BCUT2D eigenvalue weighted by atomic mass is 9.94. The molecule has 2 heterocycles. The lowest BCUT2D eigenvalue weighted by molar-refractivity contribution is 0.0561. The van der Waals surface area contributed by atoms with Gasteiger partial charge in [0.2, 0.25) is 0 Å². The average molecular weight is 516 g/mol. The van der Waals surface area contributed by atoms with Crippen molar-refractivity contribution in [1.29, 1.82) is 0 Å². The van der Waals surface area contributed by atoms with Gasteiger partial charge in [-0.05, 0) is 37.1 Å². The Morgan fingerprint density at radius 3 is 2.71 bits per heavy atom. The number of alkyl halides is 2. The molecule has 1 aliphatic rings. The number of fused-ring (bicyclic) bond motifs is 1. The third kappa shape index (κ3) is 4.59. The average Bonchev–Trinajstić information content (AvgIpc) is 3.20. The summed E-state index contributed by atoms with van der Waals surface area (Å²) in [5.41, 5.74) is 0.992. The van der Waals surface area contributed by atoms with Crippen LogP contribution in [-0.2, 0) is 23.1 Å². The molecule has 3 aromatic rings. The number of aryl methyl sites for hydroxylation is 1. The first kappa shape index (κ1) is 24.4. The van der Waals surface area contributed by atoms with Crippen molar-refractivity contribution in [2.75, 3.05) is 17.5 Å². The molecule has 1 aliphatic heterocycles. The van der Waals surface area contributed by atoms with Crippen molar-refractivity contribution in [2.45, 2.75) is 31.4 Å². The topological polar surface area (TPSA) is 84.7 Å². The SMILES string of the molecule is Cc1nn(C(F)F)cc1S(=O)(=O)N1CC(CO)Cc2ccc(OCc3c(F)cccc3Cl)cc21. The van der Waals surface area contributed by atoms with E-state index in [1.165, 1.54) is 31.2 Å². The van der Waals surface area contributed by atoms with Crippen LogP contribution < -0.4 is 9.04 Å². The number of benzene rings is 2. The number of halogens is 4. The summed E-state index contributed by atoms with van der Waals surface area (Å²) in [5, 5.41) is 13.5. The summed E-state index contributed by atoms with van der Waals surface area (Å²) in [6, 6.07) is 9.01. The van der Waals surface area contributed by atoms with E-state index in [4.69, 9.17) is 16.3 Å². The molecule has 0 spiro atoms. The van der Waals surface area contributed by atoms with Crippen LogP contribution in [0.25, 0.3) is 0 Å². The molecule has 12 heteroatoms. The summed E-state index contributed by atoms with van der Waals surface area (Å²) in [6.07, 6.45) is 1.20. The Kier molecular flexibility index (Phi) is 6.79. The van der Waals surface area contributed by atoms with Crippen molar-refractivity contribution in [1.82, 2.24) is 9.78 Å². The lowest BCUT2D eigenvalue weighted by Crippen LogP contribution is -2.41. The van der Waals surface area contributed by atoms with Crippen LogP contribution in [0.2, 0.25) is 5.02 Å². The Labute approximate surface area is 199 Å². The van der Waals surface area contributed by atoms with Gasteiger partial charge in [0.05, 0.1) is 22.6 Å². The van der Waals surface area contributed by atoms with E-state index < -0.39 is 28.3 Å². The molecular weight excluding hydrogens is 495 g/mol. The zero-order valence-electron chi connectivity index (χ0n) is 18.0. The molecule has 1 N–H and O–H groups in total. The molecule has 0 fully saturated rings. The van der Waals surface area contributed by atoms with Gasteiger partial charge in [0.15, 0.2) is 0 Å². The minimum Gasteiger partial charge on any atom is -0.489 e. The summed E-state index contributed by atoms with van der Waals surface area (Å²) < 4.78 is 74.3. The van der Waals surface area contributed by atoms with E-state index in [-0.39, 0.29) is 57.1 Å². The minimum atomic E-state index is -4.29. The van der Waals surface area contributed by atoms with E-state index >= 15 is 0 Å². The number of ether oxygens (including phenoxy) is 1. The van der Waals surface area contributed by atoms with Gasteiger partial charge in [-0.15, -0.1) is 0 Å². The monoisotopic (exact) mass is 515 g/mol. The molecule has 0 aliphatic carbocycles. The Hall–Kier alpha value is -2.76. The van der Waals surface area contributed by atoms with Crippen LogP contribution >= 0.6 is 11.6 Å². The molecule has 1 atom stereocenters. The normalized spacial score (nSPS) is 16.1. The van der Waals surface area contributed by atoms with Gasteiger partial charge < -0.3 is 9.84 Å². The van der Waals surface area contributed by atoms with Crippen LogP contribution in [0.3, 0.4) is 0 Å². The Bertz CT molecular complexity index is 1300. The van der Waals surface area contributed by atoms with Crippen LogP contribution in [0.15, 0.2) is 47.5 Å². The van der Waals surface area contributed by atoms with Crippen LogP contribution in [0.4, 0.5) is 18.9 Å². The number of aliphatic hydroxyl groups excluding tert-OH is 1. The number of aliphatic hydroxyl groups is 1. The molecular formula is C22H21ClF3N3O4S. The molecule has 0 amide bonds. The number of anilines is 1. The van der Waals surface area contributed by atoms with Gasteiger partial charge in [0.1, 0.15) is 23.1 Å². The number of hydrogen-bond donors (Lipinski definition) is 1. The van der Waals surface area contributed by atoms with Gasteiger partial charge in [-0.2, -0.15) is 13.9 Å². The molecule has 4 rings (SSSR count). The van der Waals surface area contributed by atoms with Gasteiger partial charge in [-0.1, -0.05) is 23.7 Å². The highest BCUT2D eigenvalue weighted by Gasteiger charge is 2.36. The molecule has 2 aromatic carbocycles. The van der Waals surface area contributed by atoms with E-state index in [0.717, 1.165) is 10.5 Å². The summed E-state index contributed by atoms with van der Waals surface area (Å²) in [4.78, 5) is -0.359. The number of aromatic nitrogens is 2. The van der Waals surface area contributed by atoms with Gasteiger partial charge in [-0.3, -0.25) is 4.31 Å². The molecule has 0 bridgehead atoms. The fourth-order valence-electron chi connectivity index (χ4n) is 3.86. The lowest BCUT2D eigenvalue weighted by Gasteiger charge is -2.34. The third-order valence-electron chi connectivity index (χ3n) is 5.60. The molecule has 0 radical (unpaired) electrons. The van der Waals surface area contributed by atoms with E-state index in [0.29, 0.717) is 12.0 Å². The number of sulfonamides is 1. The first-order valence-corrected chi connectivity index (χ1v) is 12.1. The summed E-state index contributed by atoms with van der Waals surface area (Å²) >= 11 is 6.04. The van der Waals surface area contributed by atoms with Crippen LogP contribution in [-0.4, -0.2) is 36.5 Å². The Morgan fingerprint density at radius 1 is 1.29 bits per heavy atom. The van der Waals surface area contributed by atoms with E-state index in [9.17, 15) is 26.7 Å². The maximum atomic E-state index is 14.1. The highest BCUT2D eigenvalue weighted by atomic mass is 35.5. The first-order chi connectivity index (χ1) is 16.1. The molecule has 182 valence electrons. The predicted octanol–water partition coefficient (Wildman–Crippen LogP) is 4.32. The van der Waals surface area contributed by atoms with Crippen molar-refractivity contribution in [3.63, 3.8) is 0 Å². The Balaban J connectivity index is 1.70. The van der Waals surface area contributed by atoms with E-state index in [1.54, 1.807) is 12.1 Å². The standard InChI is InChI=1S/C22H21ClF3N3O4S/c1-13-21(10-28(27-13)22(25)26)34(31,32)29-9-14(11-30)7-15-5-6-16(8-20(15)29)33-12-17-18(23)3-2-4-19(17)24/h2-6,8,10,14,22,30H,7,9,11-12H2,1H3. The van der Waals surface area contributed by atoms with E-state index in [1.807, 2.05) is 0 Å². The number of hydrogen-bond acceptors (Lipinski definition) is 5. The second-order valence-electron chi connectivity index (χ2n) is 7.90. The van der Waals surface area contributed by atoms with Gasteiger partial charge >= 0.3 is 6.55 Å². The molecule has 1 unspecified atom stereocenters. The van der Waals surface area contributed by atoms with Crippen molar-refractivity contribution in [2.24, 2.45) is 5.92 Å². The van der Waals surface area contributed by atoms with Crippen molar-refractivity contribution >= 4 is 27.3 Å². The molecule has 1 aromatic heterocycles. The molecule has 7 nitrogen and oxygen atoms in total. The zero-order valence-corrected chi connectivity index (χ0v) is 19.5. The number of rotatable bonds is 7. The maximum Gasteiger partial charge on any atom is 0.333 e. The number of nitrogens with zero attached hydrogens (tertiary/aromatic N) is 3. The fourth-order valence-corrected chi connectivity index (χ4v) is 5.81. The summed E-state index contributed by atoms with van der Waals surface area (Å²) in [7, 11) is -4.29. The molecule has 34 heavy (non-hydrogen) atoms. The summed E-state index contributed by atoms with van der Waals surface area (Å²) in [5.74, 6) is -0.663. The van der Waals surface area contributed by atoms with Crippen molar-refractivity contribution in [3.05, 3.63) is 70.3 Å². The van der Waals surface area contributed by atoms with Crippen molar-refractivity contribution < 1.29 is 31.4 Å². The molecule has 0 saturated carbocycles. The molecule has 0 saturated heterocycles. The summed E-state index contributed by atoms with van der Waals surface area (Å²) in [6.45, 7) is -2.17. The van der Waals surface area contributed by atoms with Crippen LogP contribution in [0.1, 0.15) is 23.4 Å². The Morgan fingerprint density at radius 2 is 2.06 bits per heavy atom. The van der Waals surface area contributed by atoms with Crippen molar-refractivity contribution in [3.8, 4) is 5.75 Å². The highest BCUT2D eigenvalue weighted by molar-refractivity contribution is 7.92. The second-order valence-corrected chi connectivity index (χ2v) is 10.1. The fraction of sp³-hybridized carbons (Fsp3) is 0.318. The first-order valence-electron chi connectivity index (χ1n) is 10.3. The minimum absolute atomic E-state index is 0.0618. The quantitative estimate of drug-likeness (QED) is 0.506.